The quantitative estimate of drug-likeness (QED) is 0.305. The Bertz CT molecular complexity index is 1520. The van der Waals surface area contributed by atoms with Gasteiger partial charge in [0.2, 0.25) is 5.88 Å². The Morgan fingerprint density at radius 2 is 1.65 bits per heavy atom. The molecule has 0 aliphatic rings. The van der Waals surface area contributed by atoms with Crippen LogP contribution in [0, 0.1) is 0 Å². The third kappa shape index (κ3) is 5.20. The van der Waals surface area contributed by atoms with Crippen LogP contribution in [0.15, 0.2) is 84.9 Å². The van der Waals surface area contributed by atoms with Crippen LogP contribution in [-0.2, 0) is 0 Å². The topological polar surface area (TPSA) is 99.9 Å². The molecule has 0 saturated carbocycles. The molecule has 0 atom stereocenters. The van der Waals surface area contributed by atoms with Crippen LogP contribution in [0.2, 0.25) is 0 Å². The molecule has 9 nitrogen and oxygen atoms in total. The van der Waals surface area contributed by atoms with Crippen molar-refractivity contribution in [3.63, 3.8) is 0 Å². The minimum absolute atomic E-state index is 0.167. The summed E-state index contributed by atoms with van der Waals surface area (Å²) in [7, 11) is 3.17. The molecule has 3 aromatic carbocycles. The van der Waals surface area contributed by atoms with E-state index in [0.29, 0.717) is 46.5 Å². The summed E-state index contributed by atoms with van der Waals surface area (Å²) in [6.45, 7) is 0.565. The number of amides is 1. The molecule has 1 amide bonds. The number of aromatic nitrogens is 4. The number of nitrogens with one attached hydrogen (secondary N) is 1. The summed E-state index contributed by atoms with van der Waals surface area (Å²) in [6.07, 6.45) is 0. The zero-order valence-electron chi connectivity index (χ0n) is 20.4. The van der Waals surface area contributed by atoms with E-state index in [1.807, 2.05) is 66.7 Å². The van der Waals surface area contributed by atoms with Crippen LogP contribution in [0.4, 0.5) is 0 Å². The van der Waals surface area contributed by atoms with Gasteiger partial charge in [-0.15, -0.1) is 15.3 Å². The molecule has 9 heteroatoms. The predicted molar refractivity (Wildman–Crippen MR) is 139 cm³/mol. The second-order valence-corrected chi connectivity index (χ2v) is 8.08. The van der Waals surface area contributed by atoms with Crippen LogP contribution in [0.25, 0.3) is 28.2 Å². The third-order valence-corrected chi connectivity index (χ3v) is 5.78. The van der Waals surface area contributed by atoms with Crippen molar-refractivity contribution in [1.29, 1.82) is 0 Å². The fraction of sp³-hybridized carbons (Fsp3) is 0.143. The largest absolute Gasteiger partial charge is 0.497 e. The highest BCUT2D eigenvalue weighted by atomic mass is 16.5. The summed E-state index contributed by atoms with van der Waals surface area (Å²) >= 11 is 0. The molecule has 37 heavy (non-hydrogen) atoms. The zero-order chi connectivity index (χ0) is 25.6. The monoisotopic (exact) mass is 495 g/mol. The molecular formula is C28H25N5O4. The number of hydrogen-bond acceptors (Lipinski definition) is 7. The molecule has 1 N–H and O–H groups in total. The van der Waals surface area contributed by atoms with Crippen molar-refractivity contribution in [2.75, 3.05) is 27.4 Å². The number of methoxy groups -OCH3 is 2. The van der Waals surface area contributed by atoms with Gasteiger partial charge in [-0.05, 0) is 41.5 Å². The van der Waals surface area contributed by atoms with E-state index in [-0.39, 0.29) is 12.5 Å². The fourth-order valence-corrected chi connectivity index (χ4v) is 3.87. The summed E-state index contributed by atoms with van der Waals surface area (Å²) in [5.74, 6) is 1.97. The highest BCUT2D eigenvalue weighted by Crippen LogP contribution is 2.32. The number of hydrogen-bond donors (Lipinski definition) is 1. The van der Waals surface area contributed by atoms with Gasteiger partial charge in [0.15, 0.2) is 11.5 Å². The Morgan fingerprint density at radius 3 is 2.41 bits per heavy atom. The lowest BCUT2D eigenvalue weighted by molar-refractivity contribution is 0.0946. The van der Waals surface area contributed by atoms with Gasteiger partial charge in [0, 0.05) is 17.7 Å². The number of nitrogens with zero attached hydrogens (tertiary/aromatic N) is 4. The lowest BCUT2D eigenvalue weighted by atomic mass is 10.0. The van der Waals surface area contributed by atoms with Crippen molar-refractivity contribution >= 4 is 11.6 Å². The Kier molecular flexibility index (Phi) is 6.93. The summed E-state index contributed by atoms with van der Waals surface area (Å²) < 4.78 is 18.1. The molecular weight excluding hydrogens is 470 g/mol. The molecule has 0 spiro atoms. The Morgan fingerprint density at radius 1 is 0.865 bits per heavy atom. The number of benzene rings is 3. The molecule has 186 valence electrons. The van der Waals surface area contributed by atoms with E-state index >= 15 is 0 Å². The molecule has 5 rings (SSSR count). The number of carbonyl (C=O) groups is 1. The Labute approximate surface area is 213 Å². The van der Waals surface area contributed by atoms with Crippen molar-refractivity contribution < 1.29 is 19.0 Å². The van der Waals surface area contributed by atoms with E-state index in [9.17, 15) is 4.79 Å². The summed E-state index contributed by atoms with van der Waals surface area (Å²) in [5, 5.41) is 15.8. The lowest BCUT2D eigenvalue weighted by Crippen LogP contribution is -2.28. The maximum atomic E-state index is 12.5. The number of fused-ring (bicyclic) bond motifs is 1. The standard InChI is InChI=1S/C28H25N5O4/c1-35-22-12-13-23(24(18-22)36-2)27-31-30-25-14-15-26(32-33(25)27)37-17-16-29-28(34)21-10-8-20(9-11-21)19-6-4-3-5-7-19/h3-15,18H,16-17H2,1-2H3,(H,29,34). The highest BCUT2D eigenvalue weighted by Gasteiger charge is 2.16. The molecule has 2 heterocycles. The van der Waals surface area contributed by atoms with Gasteiger partial charge in [0.1, 0.15) is 18.1 Å². The van der Waals surface area contributed by atoms with E-state index in [4.69, 9.17) is 14.2 Å². The first-order chi connectivity index (χ1) is 18.2. The second kappa shape index (κ2) is 10.8. The Hall–Kier alpha value is -4.92. The van der Waals surface area contributed by atoms with Gasteiger partial charge in [-0.3, -0.25) is 4.79 Å². The maximum Gasteiger partial charge on any atom is 0.251 e. The predicted octanol–water partition coefficient (Wildman–Crippen LogP) is 4.28. The van der Waals surface area contributed by atoms with E-state index in [1.165, 1.54) is 0 Å². The molecule has 0 saturated heterocycles. The molecule has 0 aliphatic heterocycles. The van der Waals surface area contributed by atoms with Crippen molar-refractivity contribution in [3.05, 3.63) is 90.5 Å². The van der Waals surface area contributed by atoms with Gasteiger partial charge < -0.3 is 19.5 Å². The minimum atomic E-state index is -0.167. The zero-order valence-corrected chi connectivity index (χ0v) is 20.4. The molecule has 2 aromatic heterocycles. The highest BCUT2D eigenvalue weighted by molar-refractivity contribution is 5.94. The molecule has 0 aliphatic carbocycles. The molecule has 0 fully saturated rings. The SMILES string of the molecule is COc1ccc(-c2nnc3ccc(OCCNC(=O)c4ccc(-c5ccccc5)cc4)nn23)c(OC)c1. The summed E-state index contributed by atoms with van der Waals surface area (Å²) in [6, 6.07) is 26.4. The average molecular weight is 496 g/mol. The number of ether oxygens (including phenoxy) is 3. The van der Waals surface area contributed by atoms with Crippen LogP contribution >= 0.6 is 0 Å². The first kappa shape index (κ1) is 23.8. The van der Waals surface area contributed by atoms with E-state index in [0.717, 1.165) is 11.1 Å². The Balaban J connectivity index is 1.21. The van der Waals surface area contributed by atoms with E-state index < -0.39 is 0 Å². The van der Waals surface area contributed by atoms with Crippen LogP contribution in [0.1, 0.15) is 10.4 Å². The van der Waals surface area contributed by atoms with E-state index in [1.54, 1.807) is 36.9 Å². The first-order valence-electron chi connectivity index (χ1n) is 11.7. The summed E-state index contributed by atoms with van der Waals surface area (Å²) in [5.41, 5.74) is 4.02. The van der Waals surface area contributed by atoms with Crippen LogP contribution in [0.5, 0.6) is 17.4 Å². The van der Waals surface area contributed by atoms with Gasteiger partial charge in [-0.1, -0.05) is 42.5 Å². The van der Waals surface area contributed by atoms with Gasteiger partial charge in [0.05, 0.1) is 26.3 Å². The average Bonchev–Trinajstić information content (AvgIpc) is 3.38. The fourth-order valence-electron chi connectivity index (χ4n) is 3.87. The van der Waals surface area contributed by atoms with Crippen molar-refractivity contribution in [3.8, 4) is 39.9 Å². The molecule has 0 bridgehead atoms. The van der Waals surface area contributed by atoms with Gasteiger partial charge in [0.25, 0.3) is 5.91 Å². The summed E-state index contributed by atoms with van der Waals surface area (Å²) in [4.78, 5) is 12.5. The smallest absolute Gasteiger partial charge is 0.251 e. The van der Waals surface area contributed by atoms with Crippen molar-refractivity contribution in [2.24, 2.45) is 0 Å². The molecule has 0 radical (unpaired) electrons. The van der Waals surface area contributed by atoms with Crippen LogP contribution in [0.3, 0.4) is 0 Å². The lowest BCUT2D eigenvalue weighted by Gasteiger charge is -2.10. The normalized spacial score (nSPS) is 10.8. The van der Waals surface area contributed by atoms with Gasteiger partial charge in [-0.2, -0.15) is 4.52 Å². The molecule has 5 aromatic rings. The van der Waals surface area contributed by atoms with Crippen LogP contribution in [-0.4, -0.2) is 53.1 Å². The third-order valence-electron chi connectivity index (χ3n) is 5.78. The molecule has 0 unspecified atom stereocenters. The van der Waals surface area contributed by atoms with Crippen LogP contribution < -0.4 is 19.5 Å². The number of rotatable bonds is 9. The number of carbonyl (C=O) groups excluding carboxylic acids is 1. The van der Waals surface area contributed by atoms with Gasteiger partial charge >= 0.3 is 0 Å². The van der Waals surface area contributed by atoms with Crippen molar-refractivity contribution in [1.82, 2.24) is 25.1 Å². The van der Waals surface area contributed by atoms with Crippen molar-refractivity contribution in [2.45, 2.75) is 0 Å². The first-order valence-corrected chi connectivity index (χ1v) is 11.7. The minimum Gasteiger partial charge on any atom is -0.497 e. The maximum absolute atomic E-state index is 12.5. The second-order valence-electron chi connectivity index (χ2n) is 8.08. The van der Waals surface area contributed by atoms with Gasteiger partial charge in [-0.25, -0.2) is 0 Å². The van der Waals surface area contributed by atoms with E-state index in [2.05, 4.69) is 20.6 Å².